The summed E-state index contributed by atoms with van der Waals surface area (Å²) in [4.78, 5) is 11.6. The molecule has 4 heteroatoms. The summed E-state index contributed by atoms with van der Waals surface area (Å²) in [5, 5.41) is 8.74. The third-order valence-electron chi connectivity index (χ3n) is 1.52. The van der Waals surface area contributed by atoms with Gasteiger partial charge in [0.1, 0.15) is 0 Å². The maximum Gasteiger partial charge on any atom is 0.335 e. The Hall–Kier alpha value is -0.930. The van der Waals surface area contributed by atoms with Crippen molar-refractivity contribution in [3.8, 4) is 0 Å². The van der Waals surface area contributed by atoms with Crippen molar-refractivity contribution < 1.29 is 9.90 Å². The van der Waals surface area contributed by atoms with Crippen LogP contribution in [0.3, 0.4) is 0 Å². The fraction of sp³-hybridized carbons (Fsp3) is 0.100. The Labute approximate surface area is 91.6 Å². The van der Waals surface area contributed by atoms with Crippen LogP contribution in [0.1, 0.15) is 10.4 Å². The Morgan fingerprint density at radius 3 is 3.00 bits per heavy atom. The lowest BCUT2D eigenvalue weighted by molar-refractivity contribution is 0.0696. The Kier molecular flexibility index (Phi) is 4.56. The largest absolute Gasteiger partial charge is 0.478 e. The molecule has 0 fully saturated rings. The predicted molar refractivity (Wildman–Crippen MR) is 59.1 cm³/mol. The third kappa shape index (κ3) is 3.44. The molecule has 74 valence electrons. The third-order valence-corrected chi connectivity index (χ3v) is 2.64. The van der Waals surface area contributed by atoms with Crippen LogP contribution in [-0.2, 0) is 0 Å². The van der Waals surface area contributed by atoms with Gasteiger partial charge in [-0.25, -0.2) is 4.79 Å². The first-order valence-electron chi connectivity index (χ1n) is 3.95. The monoisotopic (exact) mass is 228 g/mol. The van der Waals surface area contributed by atoms with Gasteiger partial charge in [-0.05, 0) is 18.2 Å². The predicted octanol–water partition coefficient (Wildman–Crippen LogP) is 3.23. The molecule has 0 atom stereocenters. The SMILES string of the molecule is O=C(O)c1cccc(SCC=CCl)c1. The van der Waals surface area contributed by atoms with Gasteiger partial charge in [-0.3, -0.25) is 0 Å². The summed E-state index contributed by atoms with van der Waals surface area (Å²) in [7, 11) is 0. The first kappa shape index (κ1) is 11.1. The number of aromatic carboxylic acids is 1. The second-order valence-corrected chi connectivity index (χ2v) is 3.85. The van der Waals surface area contributed by atoms with Crippen molar-refractivity contribution in [2.75, 3.05) is 5.75 Å². The Balaban J connectivity index is 2.68. The fourth-order valence-electron chi connectivity index (χ4n) is 0.900. The zero-order valence-electron chi connectivity index (χ0n) is 7.31. The summed E-state index contributed by atoms with van der Waals surface area (Å²) in [6.45, 7) is 0. The standard InChI is InChI=1S/C10H9ClO2S/c11-5-2-6-14-9-4-1-3-8(7-9)10(12)13/h1-5,7H,6H2,(H,12,13). The van der Waals surface area contributed by atoms with E-state index < -0.39 is 5.97 Å². The Bertz CT molecular complexity index is 350. The molecule has 2 nitrogen and oxygen atoms in total. The highest BCUT2D eigenvalue weighted by molar-refractivity contribution is 7.99. The average Bonchev–Trinajstić information content (AvgIpc) is 2.19. The molecule has 1 N–H and O–H groups in total. The first-order valence-corrected chi connectivity index (χ1v) is 5.37. The number of halogens is 1. The van der Waals surface area contributed by atoms with Gasteiger partial charge < -0.3 is 5.11 Å². The number of benzene rings is 1. The Morgan fingerprint density at radius 2 is 2.36 bits per heavy atom. The van der Waals surface area contributed by atoms with Crippen molar-refractivity contribution in [1.82, 2.24) is 0 Å². The van der Waals surface area contributed by atoms with Crippen LogP contribution in [0.2, 0.25) is 0 Å². The summed E-state index contributed by atoms with van der Waals surface area (Å²) in [5.74, 6) is -0.160. The lowest BCUT2D eigenvalue weighted by Crippen LogP contribution is -1.95. The molecule has 0 aromatic heterocycles. The molecule has 1 aromatic carbocycles. The molecule has 0 heterocycles. The minimum atomic E-state index is -0.902. The molecule has 1 aromatic rings. The van der Waals surface area contributed by atoms with Gasteiger partial charge in [-0.1, -0.05) is 23.7 Å². The molecule has 0 saturated carbocycles. The number of carboxylic acids is 1. The molecule has 0 bridgehead atoms. The molecule has 0 aliphatic heterocycles. The summed E-state index contributed by atoms with van der Waals surface area (Å²) in [6.07, 6.45) is 1.81. The van der Waals surface area contributed by atoms with Gasteiger partial charge in [0.15, 0.2) is 0 Å². The van der Waals surface area contributed by atoms with E-state index in [0.29, 0.717) is 5.56 Å². The zero-order valence-corrected chi connectivity index (χ0v) is 8.89. The maximum absolute atomic E-state index is 10.6. The van der Waals surface area contributed by atoms with E-state index in [1.807, 2.05) is 6.07 Å². The van der Waals surface area contributed by atoms with Crippen molar-refractivity contribution in [2.45, 2.75) is 4.90 Å². The minimum absolute atomic E-state index is 0.310. The highest BCUT2D eigenvalue weighted by atomic mass is 35.5. The first-order chi connectivity index (χ1) is 6.74. The van der Waals surface area contributed by atoms with Gasteiger partial charge in [0.05, 0.1) is 5.56 Å². The second kappa shape index (κ2) is 5.73. The second-order valence-electron chi connectivity index (χ2n) is 2.51. The summed E-state index contributed by atoms with van der Waals surface area (Å²) in [5.41, 5.74) is 1.76. The van der Waals surface area contributed by atoms with Crippen molar-refractivity contribution in [3.63, 3.8) is 0 Å². The van der Waals surface area contributed by atoms with E-state index in [4.69, 9.17) is 16.7 Å². The molecule has 0 saturated heterocycles. The van der Waals surface area contributed by atoms with Gasteiger partial charge in [0, 0.05) is 16.2 Å². The zero-order chi connectivity index (χ0) is 10.4. The van der Waals surface area contributed by atoms with Gasteiger partial charge >= 0.3 is 5.97 Å². The highest BCUT2D eigenvalue weighted by Gasteiger charge is 2.02. The van der Waals surface area contributed by atoms with Crippen LogP contribution >= 0.6 is 23.4 Å². The molecular formula is C10H9ClO2S. The van der Waals surface area contributed by atoms with E-state index in [0.717, 1.165) is 10.6 Å². The summed E-state index contributed by atoms with van der Waals surface area (Å²) < 4.78 is 0. The van der Waals surface area contributed by atoms with E-state index >= 15 is 0 Å². The molecule has 0 aliphatic carbocycles. The normalized spacial score (nSPS) is 10.6. The van der Waals surface area contributed by atoms with Crippen LogP contribution in [0.25, 0.3) is 0 Å². The highest BCUT2D eigenvalue weighted by Crippen LogP contribution is 2.19. The number of rotatable bonds is 4. The van der Waals surface area contributed by atoms with E-state index in [9.17, 15) is 4.79 Å². The molecule has 0 spiro atoms. The van der Waals surface area contributed by atoms with Crippen LogP contribution in [0, 0.1) is 0 Å². The summed E-state index contributed by atoms with van der Waals surface area (Å²) in [6, 6.07) is 6.83. The number of carboxylic acid groups (broad SMARTS) is 1. The number of thioether (sulfide) groups is 1. The van der Waals surface area contributed by atoms with Crippen LogP contribution in [0.4, 0.5) is 0 Å². The van der Waals surface area contributed by atoms with Crippen molar-refractivity contribution in [2.24, 2.45) is 0 Å². The van der Waals surface area contributed by atoms with Gasteiger partial charge in [-0.15, -0.1) is 11.8 Å². The van der Waals surface area contributed by atoms with Crippen LogP contribution < -0.4 is 0 Å². The number of hydrogen-bond acceptors (Lipinski definition) is 2. The average molecular weight is 229 g/mol. The summed E-state index contributed by atoms with van der Waals surface area (Å²) >= 11 is 6.90. The Morgan fingerprint density at radius 1 is 1.57 bits per heavy atom. The number of hydrogen-bond donors (Lipinski definition) is 1. The van der Waals surface area contributed by atoms with Crippen molar-refractivity contribution in [3.05, 3.63) is 41.4 Å². The number of carbonyl (C=O) groups is 1. The van der Waals surface area contributed by atoms with E-state index in [1.165, 1.54) is 5.54 Å². The van der Waals surface area contributed by atoms with E-state index in [2.05, 4.69) is 0 Å². The molecule has 1 rings (SSSR count). The maximum atomic E-state index is 10.6. The molecule has 0 unspecified atom stereocenters. The van der Waals surface area contributed by atoms with Gasteiger partial charge in [0.2, 0.25) is 0 Å². The van der Waals surface area contributed by atoms with Crippen LogP contribution in [0.15, 0.2) is 40.8 Å². The molecule has 0 radical (unpaired) electrons. The van der Waals surface area contributed by atoms with Crippen molar-refractivity contribution >= 4 is 29.3 Å². The van der Waals surface area contributed by atoms with E-state index in [1.54, 1.807) is 36.0 Å². The molecule has 0 aliphatic rings. The minimum Gasteiger partial charge on any atom is -0.478 e. The smallest absolute Gasteiger partial charge is 0.335 e. The molecule has 14 heavy (non-hydrogen) atoms. The molecular weight excluding hydrogens is 220 g/mol. The van der Waals surface area contributed by atoms with Crippen LogP contribution in [0.5, 0.6) is 0 Å². The lowest BCUT2D eigenvalue weighted by atomic mass is 10.2. The van der Waals surface area contributed by atoms with E-state index in [-0.39, 0.29) is 0 Å². The van der Waals surface area contributed by atoms with Crippen LogP contribution in [-0.4, -0.2) is 16.8 Å². The molecule has 0 amide bonds. The fourth-order valence-corrected chi connectivity index (χ4v) is 1.86. The van der Waals surface area contributed by atoms with Gasteiger partial charge in [0.25, 0.3) is 0 Å². The van der Waals surface area contributed by atoms with Crippen molar-refractivity contribution in [1.29, 1.82) is 0 Å². The van der Waals surface area contributed by atoms with Gasteiger partial charge in [-0.2, -0.15) is 0 Å². The topological polar surface area (TPSA) is 37.3 Å². The quantitative estimate of drug-likeness (QED) is 0.804. The lowest BCUT2D eigenvalue weighted by Gasteiger charge is -1.99.